The zero-order valence-electron chi connectivity index (χ0n) is 20.4. The molecule has 1 aromatic heterocycles. The standard InChI is InChI=1S/C22H26F7N5O4/c1-21(2,22(27,28)29)17(33-20(37)38-3)18(36)31-8-13(35)7-30-9-14-15(23)4-11(5-16(14)24)12-6-32-34(10-12)19(25)26/h4-6,10,13,17,19,30,35H,7-9H2,1-3H3,(H,31,36)(H,33,37)/t13-,17+/m0/s1. The Hall–Kier alpha value is -3.40. The number of aromatic nitrogens is 2. The molecule has 2 amide bonds. The van der Waals surface area contributed by atoms with E-state index in [2.05, 4.69) is 20.5 Å². The van der Waals surface area contributed by atoms with E-state index in [0.29, 0.717) is 18.5 Å². The van der Waals surface area contributed by atoms with Crippen LogP contribution >= 0.6 is 0 Å². The van der Waals surface area contributed by atoms with Crippen LogP contribution in [0.2, 0.25) is 0 Å². The Bertz CT molecular complexity index is 1100. The lowest BCUT2D eigenvalue weighted by Crippen LogP contribution is -2.60. The molecule has 0 aliphatic rings. The monoisotopic (exact) mass is 557 g/mol. The molecule has 0 aliphatic carbocycles. The van der Waals surface area contributed by atoms with Crippen molar-refractivity contribution in [2.75, 3.05) is 20.2 Å². The molecule has 0 saturated heterocycles. The van der Waals surface area contributed by atoms with Crippen molar-refractivity contribution < 1.29 is 50.2 Å². The van der Waals surface area contributed by atoms with Crippen LogP contribution in [0.3, 0.4) is 0 Å². The van der Waals surface area contributed by atoms with Crippen LogP contribution in [0.1, 0.15) is 26.0 Å². The highest BCUT2D eigenvalue weighted by molar-refractivity contribution is 5.86. The molecule has 2 atom stereocenters. The highest BCUT2D eigenvalue weighted by Gasteiger charge is 2.55. The Morgan fingerprint density at radius 3 is 2.21 bits per heavy atom. The summed E-state index contributed by atoms with van der Waals surface area (Å²) in [5, 5.41) is 19.9. The zero-order chi connectivity index (χ0) is 28.8. The molecule has 1 heterocycles. The van der Waals surface area contributed by atoms with Crippen molar-refractivity contribution in [2.45, 2.75) is 45.3 Å². The summed E-state index contributed by atoms with van der Waals surface area (Å²) in [6.45, 7) is -2.84. The van der Waals surface area contributed by atoms with Crippen LogP contribution < -0.4 is 16.0 Å². The average Bonchev–Trinajstić information content (AvgIpc) is 3.32. The minimum atomic E-state index is -4.89. The Morgan fingerprint density at radius 2 is 1.71 bits per heavy atom. The van der Waals surface area contributed by atoms with Crippen LogP contribution in [0, 0.1) is 17.0 Å². The number of nitrogens with zero attached hydrogens (tertiary/aromatic N) is 2. The number of benzene rings is 1. The third kappa shape index (κ3) is 7.56. The first kappa shape index (κ1) is 30.8. The predicted octanol–water partition coefficient (Wildman–Crippen LogP) is 3.10. The van der Waals surface area contributed by atoms with E-state index in [0.717, 1.165) is 31.6 Å². The summed E-state index contributed by atoms with van der Waals surface area (Å²) in [7, 11) is 0.903. The summed E-state index contributed by atoms with van der Waals surface area (Å²) in [4.78, 5) is 23.9. The molecule has 0 radical (unpaired) electrons. The lowest BCUT2D eigenvalue weighted by Gasteiger charge is -2.35. The van der Waals surface area contributed by atoms with Crippen LogP contribution in [0.15, 0.2) is 24.5 Å². The molecule has 0 aliphatic heterocycles. The van der Waals surface area contributed by atoms with Crippen LogP contribution in [-0.2, 0) is 16.1 Å². The third-order valence-corrected chi connectivity index (χ3v) is 5.63. The number of aliphatic hydroxyl groups is 1. The normalized spacial score (nSPS) is 13.8. The number of rotatable bonds is 11. The van der Waals surface area contributed by atoms with Gasteiger partial charge in [0.25, 0.3) is 0 Å². The number of carbonyl (C=O) groups is 2. The van der Waals surface area contributed by atoms with Gasteiger partial charge in [0.2, 0.25) is 5.91 Å². The van der Waals surface area contributed by atoms with Gasteiger partial charge in [0, 0.05) is 37.0 Å². The Morgan fingerprint density at radius 1 is 1.11 bits per heavy atom. The van der Waals surface area contributed by atoms with Gasteiger partial charge in [-0.3, -0.25) is 4.79 Å². The van der Waals surface area contributed by atoms with Crippen molar-refractivity contribution in [1.29, 1.82) is 0 Å². The lowest BCUT2D eigenvalue weighted by atomic mass is 9.83. The molecule has 4 N–H and O–H groups in total. The number of methoxy groups -OCH3 is 1. The number of hydrogen-bond donors (Lipinski definition) is 4. The van der Waals surface area contributed by atoms with Crippen molar-refractivity contribution >= 4 is 12.0 Å². The minimum Gasteiger partial charge on any atom is -0.453 e. The molecule has 0 fully saturated rings. The molecule has 1 aromatic carbocycles. The average molecular weight is 557 g/mol. The van der Waals surface area contributed by atoms with Crippen molar-refractivity contribution in [1.82, 2.24) is 25.7 Å². The van der Waals surface area contributed by atoms with Gasteiger partial charge in [-0.15, -0.1) is 0 Å². The number of alkyl carbamates (subject to hydrolysis) is 1. The van der Waals surface area contributed by atoms with Gasteiger partial charge < -0.3 is 25.8 Å². The zero-order valence-corrected chi connectivity index (χ0v) is 20.4. The maximum atomic E-state index is 14.5. The fourth-order valence-electron chi connectivity index (χ4n) is 3.20. The van der Waals surface area contributed by atoms with Gasteiger partial charge in [0.1, 0.15) is 17.7 Å². The van der Waals surface area contributed by atoms with Gasteiger partial charge in [-0.25, -0.2) is 18.3 Å². The molecule has 0 unspecified atom stereocenters. The van der Waals surface area contributed by atoms with Crippen LogP contribution in [0.4, 0.5) is 35.5 Å². The molecule has 0 bridgehead atoms. The van der Waals surface area contributed by atoms with Crippen molar-refractivity contribution in [3.05, 3.63) is 41.7 Å². The number of ether oxygens (including phenoxy) is 1. The highest BCUT2D eigenvalue weighted by atomic mass is 19.4. The maximum Gasteiger partial charge on any atom is 0.407 e. The van der Waals surface area contributed by atoms with Crippen LogP contribution in [0.5, 0.6) is 0 Å². The first-order valence-electron chi connectivity index (χ1n) is 11.0. The van der Waals surface area contributed by atoms with Gasteiger partial charge >= 0.3 is 18.8 Å². The molecule has 212 valence electrons. The molecule has 9 nitrogen and oxygen atoms in total. The topological polar surface area (TPSA) is 118 Å². The SMILES string of the molecule is COC(=O)N[C@H](C(=O)NC[C@@H](O)CNCc1c(F)cc(-c2cnn(C(F)F)c2)cc1F)C(C)(C)C(F)(F)F. The molecule has 0 spiro atoms. The summed E-state index contributed by atoms with van der Waals surface area (Å²) >= 11 is 0. The van der Waals surface area contributed by atoms with E-state index >= 15 is 0 Å². The smallest absolute Gasteiger partial charge is 0.407 e. The molecule has 38 heavy (non-hydrogen) atoms. The van der Waals surface area contributed by atoms with E-state index < -0.39 is 72.6 Å². The molecule has 2 aromatic rings. The fraction of sp³-hybridized carbons (Fsp3) is 0.500. The summed E-state index contributed by atoms with van der Waals surface area (Å²) < 4.78 is 99.1. The molecule has 16 heteroatoms. The van der Waals surface area contributed by atoms with Gasteiger partial charge in [-0.05, 0) is 31.5 Å². The lowest BCUT2D eigenvalue weighted by molar-refractivity contribution is -0.220. The molecule has 0 saturated carbocycles. The number of carbonyl (C=O) groups excluding carboxylic acids is 2. The van der Waals surface area contributed by atoms with E-state index in [1.54, 1.807) is 0 Å². The van der Waals surface area contributed by atoms with Crippen LogP contribution in [-0.4, -0.2) is 65.4 Å². The van der Waals surface area contributed by atoms with Crippen molar-refractivity contribution in [2.24, 2.45) is 5.41 Å². The maximum absolute atomic E-state index is 14.5. The second-order valence-corrected chi connectivity index (χ2v) is 8.72. The van der Waals surface area contributed by atoms with E-state index in [9.17, 15) is 45.4 Å². The van der Waals surface area contributed by atoms with Gasteiger partial charge in [-0.2, -0.15) is 27.1 Å². The summed E-state index contributed by atoms with van der Waals surface area (Å²) in [5.74, 6) is -3.27. The third-order valence-electron chi connectivity index (χ3n) is 5.63. The summed E-state index contributed by atoms with van der Waals surface area (Å²) in [6.07, 6.45) is -5.62. The first-order chi connectivity index (χ1) is 17.6. The summed E-state index contributed by atoms with van der Waals surface area (Å²) in [6, 6.07) is -0.259. The first-order valence-corrected chi connectivity index (χ1v) is 11.0. The Labute approximate surface area is 212 Å². The molecule has 2 rings (SSSR count). The highest BCUT2D eigenvalue weighted by Crippen LogP contribution is 2.40. The summed E-state index contributed by atoms with van der Waals surface area (Å²) in [5.41, 5.74) is -3.10. The van der Waals surface area contributed by atoms with Gasteiger partial charge in [0.15, 0.2) is 0 Å². The number of amides is 2. The van der Waals surface area contributed by atoms with Crippen LogP contribution in [0.25, 0.3) is 11.1 Å². The minimum absolute atomic E-state index is 0.0321. The number of aliphatic hydroxyl groups excluding tert-OH is 1. The Balaban J connectivity index is 1.96. The number of nitrogens with one attached hydrogen (secondary N) is 3. The van der Waals surface area contributed by atoms with E-state index in [4.69, 9.17) is 0 Å². The van der Waals surface area contributed by atoms with Crippen molar-refractivity contribution in [3.8, 4) is 11.1 Å². The Kier molecular flexibility index (Phi) is 10.1. The quantitative estimate of drug-likeness (QED) is 0.316. The number of hydrogen-bond acceptors (Lipinski definition) is 6. The van der Waals surface area contributed by atoms with Crippen molar-refractivity contribution in [3.63, 3.8) is 0 Å². The van der Waals surface area contributed by atoms with E-state index in [1.165, 1.54) is 0 Å². The molecular formula is C22H26F7N5O4. The number of halogens is 7. The largest absolute Gasteiger partial charge is 0.453 e. The fourth-order valence-corrected chi connectivity index (χ4v) is 3.20. The van der Waals surface area contributed by atoms with Gasteiger partial charge in [-0.1, -0.05) is 0 Å². The van der Waals surface area contributed by atoms with Gasteiger partial charge in [0.05, 0.1) is 24.8 Å². The number of alkyl halides is 5. The second-order valence-electron chi connectivity index (χ2n) is 8.72. The predicted molar refractivity (Wildman–Crippen MR) is 119 cm³/mol. The van der Waals surface area contributed by atoms with E-state index in [1.807, 2.05) is 5.32 Å². The van der Waals surface area contributed by atoms with E-state index in [-0.39, 0.29) is 17.7 Å². The second kappa shape index (κ2) is 12.4. The molecular weight excluding hydrogens is 531 g/mol.